The van der Waals surface area contributed by atoms with Gasteiger partial charge >= 0.3 is 0 Å². The average molecular weight is 378 g/mol. The Morgan fingerprint density at radius 3 is 2.50 bits per heavy atom. The van der Waals surface area contributed by atoms with E-state index < -0.39 is 0 Å². The highest BCUT2D eigenvalue weighted by Gasteiger charge is 2.33. The molecule has 0 radical (unpaired) electrons. The van der Waals surface area contributed by atoms with Crippen molar-refractivity contribution < 1.29 is 4.79 Å². The number of likely N-dealkylation sites (tertiary alicyclic amines) is 1. The summed E-state index contributed by atoms with van der Waals surface area (Å²) in [4.78, 5) is 22.0. The number of hydrogen-bond donors (Lipinski definition) is 0. The Labute approximate surface area is 168 Å². The molecular weight excluding hydrogens is 346 g/mol. The molecule has 0 atom stereocenters. The molecule has 0 unspecified atom stereocenters. The van der Waals surface area contributed by atoms with Crippen molar-refractivity contribution in [2.75, 3.05) is 26.2 Å². The van der Waals surface area contributed by atoms with Gasteiger partial charge in [-0.3, -0.25) is 9.78 Å². The maximum Gasteiger partial charge on any atom is 0.255 e. The number of pyridine rings is 1. The van der Waals surface area contributed by atoms with Crippen LogP contribution in [0.2, 0.25) is 0 Å². The van der Waals surface area contributed by atoms with Crippen molar-refractivity contribution in [2.45, 2.75) is 44.6 Å². The third kappa shape index (κ3) is 5.20. The van der Waals surface area contributed by atoms with Crippen molar-refractivity contribution in [1.29, 1.82) is 0 Å². The lowest BCUT2D eigenvalue weighted by Crippen LogP contribution is -2.48. The van der Waals surface area contributed by atoms with Crippen LogP contribution in [0.15, 0.2) is 54.9 Å². The van der Waals surface area contributed by atoms with Crippen LogP contribution in [0.4, 0.5) is 0 Å². The average Bonchev–Trinajstić information content (AvgIpc) is 3.58. The number of piperidine rings is 1. The van der Waals surface area contributed by atoms with Crippen LogP contribution in [0.25, 0.3) is 0 Å². The molecule has 1 aliphatic heterocycles. The van der Waals surface area contributed by atoms with E-state index in [9.17, 15) is 4.79 Å². The summed E-state index contributed by atoms with van der Waals surface area (Å²) in [5, 5.41) is 0. The first-order valence-corrected chi connectivity index (χ1v) is 10.8. The number of aromatic nitrogens is 1. The van der Waals surface area contributed by atoms with Crippen LogP contribution in [-0.2, 0) is 6.42 Å². The number of carbonyl (C=O) groups excluding carboxylic acids is 1. The molecular formula is C24H31N3O. The number of nitrogens with zero attached hydrogens (tertiary/aromatic N) is 3. The largest absolute Gasteiger partial charge is 0.335 e. The first-order valence-electron chi connectivity index (χ1n) is 10.8. The molecule has 2 heterocycles. The number of hydrogen-bond acceptors (Lipinski definition) is 3. The van der Waals surface area contributed by atoms with Crippen molar-refractivity contribution in [3.05, 3.63) is 66.0 Å². The number of aryl methyl sites for hydroxylation is 1. The van der Waals surface area contributed by atoms with Gasteiger partial charge in [-0.25, -0.2) is 0 Å². The summed E-state index contributed by atoms with van der Waals surface area (Å²) < 4.78 is 0. The minimum absolute atomic E-state index is 0.169. The second-order valence-electron chi connectivity index (χ2n) is 8.30. The molecule has 2 aromatic rings. The highest BCUT2D eigenvalue weighted by atomic mass is 16.2. The molecule has 1 aliphatic carbocycles. The third-order valence-electron chi connectivity index (χ3n) is 6.10. The van der Waals surface area contributed by atoms with Crippen LogP contribution < -0.4 is 0 Å². The van der Waals surface area contributed by atoms with E-state index in [1.807, 2.05) is 12.1 Å². The molecule has 1 aromatic heterocycles. The summed E-state index contributed by atoms with van der Waals surface area (Å²) in [6, 6.07) is 14.9. The second-order valence-corrected chi connectivity index (χ2v) is 8.30. The van der Waals surface area contributed by atoms with E-state index in [2.05, 4.69) is 45.1 Å². The summed E-state index contributed by atoms with van der Waals surface area (Å²) in [7, 11) is 0. The van der Waals surface area contributed by atoms with E-state index in [4.69, 9.17) is 0 Å². The molecule has 0 bridgehead atoms. The van der Waals surface area contributed by atoms with Gasteiger partial charge in [-0.05, 0) is 68.7 Å². The van der Waals surface area contributed by atoms with Gasteiger partial charge in [0, 0.05) is 38.1 Å². The molecule has 4 nitrogen and oxygen atoms in total. The van der Waals surface area contributed by atoms with E-state index in [-0.39, 0.29) is 5.91 Å². The summed E-state index contributed by atoms with van der Waals surface area (Å²) in [5.74, 6) is 0.882. The fraction of sp³-hybridized carbons (Fsp3) is 0.500. The number of rotatable bonds is 8. The van der Waals surface area contributed by atoms with Crippen molar-refractivity contribution in [2.24, 2.45) is 5.92 Å². The zero-order valence-corrected chi connectivity index (χ0v) is 16.7. The van der Waals surface area contributed by atoms with Crippen molar-refractivity contribution >= 4 is 5.91 Å². The second kappa shape index (κ2) is 9.33. The van der Waals surface area contributed by atoms with Gasteiger partial charge < -0.3 is 9.80 Å². The highest BCUT2D eigenvalue weighted by molar-refractivity contribution is 5.94. The molecule has 28 heavy (non-hydrogen) atoms. The van der Waals surface area contributed by atoms with Gasteiger partial charge in [0.2, 0.25) is 0 Å². The fourth-order valence-electron chi connectivity index (χ4n) is 4.24. The molecule has 2 fully saturated rings. The van der Waals surface area contributed by atoms with Gasteiger partial charge in [0.1, 0.15) is 0 Å². The van der Waals surface area contributed by atoms with E-state index in [0.29, 0.717) is 12.0 Å². The minimum atomic E-state index is 0.169. The Kier molecular flexibility index (Phi) is 6.38. The van der Waals surface area contributed by atoms with Crippen LogP contribution in [-0.4, -0.2) is 52.9 Å². The molecule has 2 aliphatic rings. The summed E-state index contributed by atoms with van der Waals surface area (Å²) in [6.45, 7) is 4.27. The number of amides is 1. The Bertz CT molecular complexity index is 737. The lowest BCUT2D eigenvalue weighted by atomic mass is 10.0. The minimum Gasteiger partial charge on any atom is -0.335 e. The van der Waals surface area contributed by atoms with Crippen LogP contribution in [0.3, 0.4) is 0 Å². The first kappa shape index (κ1) is 19.1. The molecule has 1 saturated heterocycles. The Morgan fingerprint density at radius 1 is 1.04 bits per heavy atom. The smallest absolute Gasteiger partial charge is 0.255 e. The normalized spacial score (nSPS) is 18.1. The van der Waals surface area contributed by atoms with E-state index >= 15 is 0 Å². The zero-order valence-electron chi connectivity index (χ0n) is 16.7. The van der Waals surface area contributed by atoms with Crippen LogP contribution in [0.1, 0.15) is 48.0 Å². The predicted molar refractivity (Wildman–Crippen MR) is 112 cm³/mol. The Balaban J connectivity index is 1.28. The molecule has 0 spiro atoms. The summed E-state index contributed by atoms with van der Waals surface area (Å²) in [5.41, 5.74) is 2.16. The monoisotopic (exact) mass is 377 g/mol. The summed E-state index contributed by atoms with van der Waals surface area (Å²) in [6.07, 6.45) is 10.5. The van der Waals surface area contributed by atoms with Gasteiger partial charge in [0.05, 0.1) is 5.56 Å². The lowest BCUT2D eigenvalue weighted by molar-refractivity contribution is 0.0557. The van der Waals surface area contributed by atoms with E-state index in [0.717, 1.165) is 51.0 Å². The van der Waals surface area contributed by atoms with Crippen molar-refractivity contribution in [1.82, 2.24) is 14.8 Å². The predicted octanol–water partition coefficient (Wildman–Crippen LogP) is 4.03. The maximum atomic E-state index is 13.1. The maximum absolute atomic E-state index is 13.1. The SMILES string of the molecule is O=C(c1cccnc1)N(CC1CC1)C1CCN(CCCc2ccccc2)CC1. The van der Waals surface area contributed by atoms with Crippen LogP contribution in [0, 0.1) is 5.92 Å². The van der Waals surface area contributed by atoms with Gasteiger partial charge in [-0.2, -0.15) is 0 Å². The molecule has 4 rings (SSSR count). The third-order valence-corrected chi connectivity index (χ3v) is 6.10. The van der Waals surface area contributed by atoms with E-state index in [1.165, 1.54) is 24.8 Å². The highest BCUT2D eigenvalue weighted by Crippen LogP contribution is 2.32. The number of benzene rings is 1. The van der Waals surface area contributed by atoms with Crippen LogP contribution in [0.5, 0.6) is 0 Å². The molecule has 1 amide bonds. The topological polar surface area (TPSA) is 36.4 Å². The number of carbonyl (C=O) groups is 1. The Hall–Kier alpha value is -2.20. The molecule has 1 aromatic carbocycles. The standard InChI is InChI=1S/C24H31N3O/c28-24(22-9-4-14-25-18-22)27(19-21-10-11-21)23-12-16-26(17-13-23)15-5-8-20-6-2-1-3-7-20/h1-4,6-7,9,14,18,21,23H,5,8,10-13,15-17,19H2. The van der Waals surface area contributed by atoms with Crippen LogP contribution >= 0.6 is 0 Å². The van der Waals surface area contributed by atoms with Gasteiger partial charge in [-0.1, -0.05) is 30.3 Å². The van der Waals surface area contributed by atoms with Crippen molar-refractivity contribution in [3.8, 4) is 0 Å². The quantitative estimate of drug-likeness (QED) is 0.697. The summed E-state index contributed by atoms with van der Waals surface area (Å²) >= 11 is 0. The first-order chi connectivity index (χ1) is 13.8. The zero-order chi connectivity index (χ0) is 19.2. The molecule has 0 N–H and O–H groups in total. The van der Waals surface area contributed by atoms with Gasteiger partial charge in [0.15, 0.2) is 0 Å². The molecule has 4 heteroatoms. The lowest BCUT2D eigenvalue weighted by Gasteiger charge is -2.39. The van der Waals surface area contributed by atoms with E-state index in [1.54, 1.807) is 12.4 Å². The Morgan fingerprint density at radius 2 is 1.82 bits per heavy atom. The van der Waals surface area contributed by atoms with Crippen molar-refractivity contribution in [3.63, 3.8) is 0 Å². The molecule has 148 valence electrons. The van der Waals surface area contributed by atoms with Gasteiger partial charge in [0.25, 0.3) is 5.91 Å². The molecule has 1 saturated carbocycles. The fourth-order valence-corrected chi connectivity index (χ4v) is 4.24. The van der Waals surface area contributed by atoms with Gasteiger partial charge in [-0.15, -0.1) is 0 Å².